The molecule has 1 fully saturated rings. The molecule has 1 aromatic heterocycles. The van der Waals surface area contributed by atoms with Crippen molar-refractivity contribution in [3.63, 3.8) is 0 Å². The Labute approximate surface area is 195 Å². The minimum absolute atomic E-state index is 0. The zero-order chi connectivity index (χ0) is 20.0. The highest BCUT2D eigenvalue weighted by molar-refractivity contribution is 14.0. The highest BCUT2D eigenvalue weighted by Crippen LogP contribution is 2.41. The highest BCUT2D eigenvalue weighted by Gasteiger charge is 2.45. The SMILES string of the molecule is CCNC(=NCC1(O)CCC1SCC)NCCCn1c(C)nc2ccccc21.I. The molecule has 3 N–H and O–H groups in total. The number of aryl methyl sites for hydroxylation is 2. The first-order chi connectivity index (χ1) is 13.6. The third-order valence-corrected chi connectivity index (χ3v) is 6.77. The Morgan fingerprint density at radius 2 is 2.14 bits per heavy atom. The van der Waals surface area contributed by atoms with E-state index in [4.69, 9.17) is 0 Å². The van der Waals surface area contributed by atoms with Gasteiger partial charge in [-0.25, -0.2) is 4.98 Å². The van der Waals surface area contributed by atoms with Gasteiger partial charge in [-0.1, -0.05) is 19.1 Å². The smallest absolute Gasteiger partial charge is 0.191 e. The second kappa shape index (κ2) is 11.4. The predicted molar refractivity (Wildman–Crippen MR) is 135 cm³/mol. The first-order valence-corrected chi connectivity index (χ1v) is 11.4. The number of nitrogens with zero attached hydrogens (tertiary/aromatic N) is 3. The fraction of sp³-hybridized carbons (Fsp3) is 0.619. The molecule has 0 amide bonds. The molecule has 2 atom stereocenters. The summed E-state index contributed by atoms with van der Waals surface area (Å²) in [4.78, 5) is 9.28. The lowest BCUT2D eigenvalue weighted by Gasteiger charge is -2.44. The molecular weight excluding hydrogens is 497 g/mol. The molecule has 2 aromatic rings. The van der Waals surface area contributed by atoms with Gasteiger partial charge in [0.05, 0.1) is 23.2 Å². The van der Waals surface area contributed by atoms with Crippen LogP contribution in [-0.4, -0.2) is 56.9 Å². The molecule has 1 heterocycles. The maximum Gasteiger partial charge on any atom is 0.191 e. The predicted octanol–water partition coefficient (Wildman–Crippen LogP) is 3.55. The molecule has 1 aliphatic rings. The van der Waals surface area contributed by atoms with Gasteiger partial charge in [0.25, 0.3) is 0 Å². The quantitative estimate of drug-likeness (QED) is 0.200. The molecule has 29 heavy (non-hydrogen) atoms. The number of thioether (sulfide) groups is 1. The van der Waals surface area contributed by atoms with E-state index in [1.165, 1.54) is 5.52 Å². The number of rotatable bonds is 9. The van der Waals surface area contributed by atoms with Crippen molar-refractivity contribution in [2.75, 3.05) is 25.4 Å². The summed E-state index contributed by atoms with van der Waals surface area (Å²) in [6.45, 7) is 9.27. The maximum absolute atomic E-state index is 10.8. The number of halogens is 1. The number of nitrogens with one attached hydrogen (secondary N) is 2. The lowest BCUT2D eigenvalue weighted by atomic mass is 9.79. The zero-order valence-electron chi connectivity index (χ0n) is 17.6. The largest absolute Gasteiger partial charge is 0.387 e. The second-order valence-electron chi connectivity index (χ2n) is 7.36. The summed E-state index contributed by atoms with van der Waals surface area (Å²) in [5, 5.41) is 17.8. The lowest BCUT2D eigenvalue weighted by Crippen LogP contribution is -2.53. The number of guanidine groups is 1. The van der Waals surface area contributed by atoms with Gasteiger partial charge in [-0.15, -0.1) is 24.0 Å². The minimum Gasteiger partial charge on any atom is -0.387 e. The third kappa shape index (κ3) is 6.01. The normalized spacial score (nSPS) is 21.5. The van der Waals surface area contributed by atoms with E-state index < -0.39 is 5.60 Å². The van der Waals surface area contributed by atoms with Gasteiger partial charge in [0.15, 0.2) is 5.96 Å². The molecule has 8 heteroatoms. The van der Waals surface area contributed by atoms with Gasteiger partial charge in [-0.2, -0.15) is 11.8 Å². The van der Waals surface area contributed by atoms with Crippen molar-refractivity contribution < 1.29 is 5.11 Å². The van der Waals surface area contributed by atoms with Crippen LogP contribution in [0.5, 0.6) is 0 Å². The Bertz CT molecular complexity index is 811. The van der Waals surface area contributed by atoms with E-state index in [1.54, 1.807) is 0 Å². The van der Waals surface area contributed by atoms with Crippen LogP contribution >= 0.6 is 35.7 Å². The number of benzene rings is 1. The molecule has 2 unspecified atom stereocenters. The number of fused-ring (bicyclic) bond motifs is 1. The number of hydrogen-bond donors (Lipinski definition) is 3. The van der Waals surface area contributed by atoms with Crippen LogP contribution < -0.4 is 10.6 Å². The van der Waals surface area contributed by atoms with Gasteiger partial charge in [0, 0.05) is 24.9 Å². The number of aliphatic hydroxyl groups is 1. The van der Waals surface area contributed by atoms with Gasteiger partial charge in [0.2, 0.25) is 0 Å². The van der Waals surface area contributed by atoms with E-state index in [1.807, 2.05) is 17.8 Å². The fourth-order valence-corrected chi connectivity index (χ4v) is 4.89. The Kier molecular flexibility index (Phi) is 9.55. The molecule has 162 valence electrons. The Morgan fingerprint density at radius 1 is 1.34 bits per heavy atom. The molecule has 1 aliphatic carbocycles. The molecular formula is C21H34IN5OS. The van der Waals surface area contributed by atoms with Crippen LogP contribution in [-0.2, 0) is 6.54 Å². The molecule has 0 radical (unpaired) electrons. The van der Waals surface area contributed by atoms with Crippen molar-refractivity contribution in [2.24, 2.45) is 4.99 Å². The van der Waals surface area contributed by atoms with E-state index in [0.717, 1.165) is 62.0 Å². The van der Waals surface area contributed by atoms with Crippen molar-refractivity contribution in [1.82, 2.24) is 20.2 Å². The van der Waals surface area contributed by atoms with Crippen LogP contribution in [0.4, 0.5) is 0 Å². The van der Waals surface area contributed by atoms with E-state index in [9.17, 15) is 5.11 Å². The standard InChI is InChI=1S/C21H33N5OS.HI/c1-4-22-20(24-15-21(27)12-11-19(21)28-5-2)23-13-8-14-26-16(3)25-17-9-6-7-10-18(17)26;/h6-7,9-10,19,27H,4-5,8,11-15H2,1-3H3,(H2,22,23,24);1H. The molecule has 0 bridgehead atoms. The van der Waals surface area contributed by atoms with Crippen LogP contribution in [0.2, 0.25) is 0 Å². The first-order valence-electron chi connectivity index (χ1n) is 10.4. The molecule has 1 saturated carbocycles. The average molecular weight is 532 g/mol. The van der Waals surface area contributed by atoms with Gasteiger partial charge in [-0.3, -0.25) is 4.99 Å². The van der Waals surface area contributed by atoms with Crippen molar-refractivity contribution >= 4 is 52.7 Å². The van der Waals surface area contributed by atoms with Gasteiger partial charge in [-0.05, 0) is 51.0 Å². The lowest BCUT2D eigenvalue weighted by molar-refractivity contribution is -0.0154. The van der Waals surface area contributed by atoms with Gasteiger partial charge < -0.3 is 20.3 Å². The van der Waals surface area contributed by atoms with Crippen LogP contribution in [0.1, 0.15) is 38.9 Å². The first kappa shape index (κ1) is 24.3. The fourth-order valence-electron chi connectivity index (χ4n) is 3.70. The number of aliphatic imine (C=N–C) groups is 1. The third-order valence-electron chi connectivity index (χ3n) is 5.36. The Morgan fingerprint density at radius 3 is 2.83 bits per heavy atom. The second-order valence-corrected chi connectivity index (χ2v) is 8.84. The van der Waals surface area contributed by atoms with E-state index >= 15 is 0 Å². The van der Waals surface area contributed by atoms with Gasteiger partial charge in [0.1, 0.15) is 5.82 Å². The van der Waals surface area contributed by atoms with Crippen LogP contribution in [0.3, 0.4) is 0 Å². The molecule has 0 aliphatic heterocycles. The van der Waals surface area contributed by atoms with Crippen molar-refractivity contribution in [3.05, 3.63) is 30.1 Å². The summed E-state index contributed by atoms with van der Waals surface area (Å²) in [5.41, 5.74) is 1.60. The van der Waals surface area contributed by atoms with Crippen molar-refractivity contribution in [3.8, 4) is 0 Å². The Balaban J connectivity index is 0.00000300. The van der Waals surface area contributed by atoms with Gasteiger partial charge >= 0.3 is 0 Å². The van der Waals surface area contributed by atoms with Crippen LogP contribution in [0.25, 0.3) is 11.0 Å². The monoisotopic (exact) mass is 531 g/mol. The number of hydrogen-bond acceptors (Lipinski definition) is 4. The number of para-hydroxylation sites is 2. The number of imidazole rings is 1. The molecule has 3 rings (SSSR count). The molecule has 0 saturated heterocycles. The summed E-state index contributed by atoms with van der Waals surface area (Å²) < 4.78 is 2.27. The molecule has 6 nitrogen and oxygen atoms in total. The highest BCUT2D eigenvalue weighted by atomic mass is 127. The summed E-state index contributed by atoms with van der Waals surface area (Å²) in [6, 6.07) is 8.27. The van der Waals surface area contributed by atoms with E-state index in [-0.39, 0.29) is 24.0 Å². The summed E-state index contributed by atoms with van der Waals surface area (Å²) >= 11 is 1.84. The minimum atomic E-state index is -0.643. The van der Waals surface area contributed by atoms with E-state index in [2.05, 4.69) is 64.1 Å². The summed E-state index contributed by atoms with van der Waals surface area (Å²) in [6.07, 6.45) is 2.91. The topological polar surface area (TPSA) is 74.5 Å². The van der Waals surface area contributed by atoms with Crippen LogP contribution in [0, 0.1) is 6.92 Å². The summed E-state index contributed by atoms with van der Waals surface area (Å²) in [7, 11) is 0. The van der Waals surface area contributed by atoms with Crippen LogP contribution in [0.15, 0.2) is 29.3 Å². The van der Waals surface area contributed by atoms with E-state index in [0.29, 0.717) is 11.8 Å². The van der Waals surface area contributed by atoms with Crippen molar-refractivity contribution in [2.45, 2.75) is 57.4 Å². The number of aromatic nitrogens is 2. The Hall–Kier alpha value is -1.000. The molecule has 0 spiro atoms. The van der Waals surface area contributed by atoms with Crippen molar-refractivity contribution in [1.29, 1.82) is 0 Å². The summed E-state index contributed by atoms with van der Waals surface area (Å²) in [5.74, 6) is 2.88. The zero-order valence-corrected chi connectivity index (χ0v) is 20.8. The maximum atomic E-state index is 10.8. The average Bonchev–Trinajstić information content (AvgIpc) is 3.01. The molecule has 1 aromatic carbocycles.